The fourth-order valence-electron chi connectivity index (χ4n) is 2.85. The van der Waals surface area contributed by atoms with Crippen LogP contribution in [0.1, 0.15) is 57.6 Å². The van der Waals surface area contributed by atoms with E-state index < -0.39 is 0 Å². The van der Waals surface area contributed by atoms with E-state index in [0.717, 1.165) is 18.9 Å². The fraction of sp³-hybridized carbons (Fsp3) is 0.526. The topological polar surface area (TPSA) is 18.8 Å². The van der Waals surface area contributed by atoms with Gasteiger partial charge in [-0.2, -0.15) is 0 Å². The molecule has 0 spiro atoms. The van der Waals surface area contributed by atoms with Crippen LogP contribution in [0.5, 0.6) is 0 Å². The summed E-state index contributed by atoms with van der Waals surface area (Å²) in [5.74, 6) is 0.978. The van der Waals surface area contributed by atoms with Crippen LogP contribution in [-0.4, -0.2) is 35.8 Å². The second-order valence-electron chi connectivity index (χ2n) is 6.88. The quantitative estimate of drug-likeness (QED) is 0.734. The first kappa shape index (κ1) is 16.6. The predicted octanol–water partition coefficient (Wildman–Crippen LogP) is 4.70. The van der Waals surface area contributed by atoms with Gasteiger partial charge in [-0.25, -0.2) is 0 Å². The van der Waals surface area contributed by atoms with Crippen molar-refractivity contribution in [3.63, 3.8) is 0 Å². The molecule has 0 atom stereocenters. The van der Waals surface area contributed by atoms with E-state index in [9.17, 15) is 0 Å². The molecular formula is C19H29N3. The zero-order chi connectivity index (χ0) is 16.3. The van der Waals surface area contributed by atoms with Crippen LogP contribution in [-0.2, 0) is 0 Å². The van der Waals surface area contributed by atoms with E-state index in [-0.39, 0.29) is 0 Å². The van der Waals surface area contributed by atoms with Crippen molar-refractivity contribution in [2.75, 3.05) is 20.3 Å². The Morgan fingerprint density at radius 3 is 2.14 bits per heavy atom. The molecule has 0 bridgehead atoms. The molecule has 22 heavy (non-hydrogen) atoms. The first-order valence-corrected chi connectivity index (χ1v) is 8.18. The molecule has 3 nitrogen and oxygen atoms in total. The highest BCUT2D eigenvalue weighted by molar-refractivity contribution is 5.87. The van der Waals surface area contributed by atoms with Gasteiger partial charge >= 0.3 is 0 Å². The van der Waals surface area contributed by atoms with E-state index in [1.54, 1.807) is 0 Å². The molecule has 0 N–H and O–H groups in total. The molecule has 0 saturated heterocycles. The van der Waals surface area contributed by atoms with E-state index in [1.807, 2.05) is 0 Å². The predicted molar refractivity (Wildman–Crippen MR) is 95.9 cm³/mol. The molecule has 0 amide bonds. The van der Waals surface area contributed by atoms with Gasteiger partial charge in [0.25, 0.3) is 0 Å². The van der Waals surface area contributed by atoms with Gasteiger partial charge in [-0.15, -0.1) is 0 Å². The van der Waals surface area contributed by atoms with Gasteiger partial charge in [0.15, 0.2) is 0 Å². The van der Waals surface area contributed by atoms with Crippen LogP contribution in [0.3, 0.4) is 0 Å². The molecule has 120 valence electrons. The lowest BCUT2D eigenvalue weighted by atomic mass is 9.93. The largest absolute Gasteiger partial charge is 0.362 e. The van der Waals surface area contributed by atoms with E-state index in [4.69, 9.17) is 4.99 Å². The zero-order valence-corrected chi connectivity index (χ0v) is 14.8. The van der Waals surface area contributed by atoms with Gasteiger partial charge in [0.2, 0.25) is 0 Å². The standard InChI is InChI=1S/C19H29N3/c1-14(2)17-8-7-9-18(15(3)4)19(17)20-16(5)12-22-11-10-21(6)13-22/h7-11,14-15H,12-13H2,1-6H3. The molecule has 1 heterocycles. The van der Waals surface area contributed by atoms with E-state index >= 15 is 0 Å². The maximum atomic E-state index is 5.01. The smallest absolute Gasteiger partial charge is 0.0894 e. The summed E-state index contributed by atoms with van der Waals surface area (Å²) < 4.78 is 0. The Kier molecular flexibility index (Phi) is 5.28. The Balaban J connectivity index is 2.29. The highest BCUT2D eigenvalue weighted by atomic mass is 15.3. The van der Waals surface area contributed by atoms with Crippen molar-refractivity contribution < 1.29 is 0 Å². The van der Waals surface area contributed by atoms with Crippen LogP contribution in [0.25, 0.3) is 0 Å². The minimum Gasteiger partial charge on any atom is -0.362 e. The monoisotopic (exact) mass is 299 g/mol. The van der Waals surface area contributed by atoms with Crippen LogP contribution in [0.2, 0.25) is 0 Å². The molecule has 3 heteroatoms. The summed E-state index contributed by atoms with van der Waals surface area (Å²) >= 11 is 0. The number of hydrogen-bond acceptors (Lipinski definition) is 3. The second kappa shape index (κ2) is 6.99. The molecule has 0 aromatic heterocycles. The van der Waals surface area contributed by atoms with Crippen LogP contribution in [0.4, 0.5) is 5.69 Å². The number of rotatable bonds is 5. The Labute approximate surface area is 135 Å². The van der Waals surface area contributed by atoms with Gasteiger partial charge in [0.1, 0.15) is 0 Å². The summed E-state index contributed by atoms with van der Waals surface area (Å²) in [6, 6.07) is 6.59. The SMILES string of the molecule is CC(CN1C=CN(C)C1)=Nc1c(C(C)C)cccc1C(C)C. The lowest BCUT2D eigenvalue weighted by Gasteiger charge is -2.20. The van der Waals surface area contributed by atoms with Gasteiger partial charge < -0.3 is 9.80 Å². The number of benzene rings is 1. The Morgan fingerprint density at radius 2 is 1.68 bits per heavy atom. The van der Waals surface area contributed by atoms with Gasteiger partial charge in [-0.3, -0.25) is 4.99 Å². The fourth-order valence-corrected chi connectivity index (χ4v) is 2.85. The number of nitrogens with zero attached hydrogens (tertiary/aromatic N) is 3. The Morgan fingerprint density at radius 1 is 1.09 bits per heavy atom. The molecule has 1 aliphatic rings. The minimum atomic E-state index is 0.489. The third-order valence-electron chi connectivity index (χ3n) is 4.01. The average molecular weight is 299 g/mol. The van der Waals surface area contributed by atoms with Crippen molar-refractivity contribution in [1.29, 1.82) is 0 Å². The van der Waals surface area contributed by atoms with Gasteiger partial charge in [-0.1, -0.05) is 45.9 Å². The average Bonchev–Trinajstić information content (AvgIpc) is 2.83. The Bertz CT molecular complexity index is 544. The molecule has 1 aliphatic heterocycles. The van der Waals surface area contributed by atoms with Gasteiger partial charge in [-0.05, 0) is 29.9 Å². The molecule has 0 aliphatic carbocycles. The summed E-state index contributed by atoms with van der Waals surface area (Å²) in [4.78, 5) is 9.47. The highest BCUT2D eigenvalue weighted by Gasteiger charge is 2.14. The number of hydrogen-bond donors (Lipinski definition) is 0. The molecule has 1 aromatic carbocycles. The van der Waals surface area contributed by atoms with Crippen molar-refractivity contribution in [1.82, 2.24) is 9.80 Å². The van der Waals surface area contributed by atoms with Crippen LogP contribution < -0.4 is 0 Å². The number of aliphatic imine (C=N–C) groups is 1. The third-order valence-corrected chi connectivity index (χ3v) is 4.01. The highest BCUT2D eigenvalue weighted by Crippen LogP contribution is 2.34. The summed E-state index contributed by atoms with van der Waals surface area (Å²) in [6.45, 7) is 12.9. The van der Waals surface area contributed by atoms with Crippen molar-refractivity contribution >= 4 is 11.4 Å². The normalized spacial score (nSPS) is 15.5. The second-order valence-corrected chi connectivity index (χ2v) is 6.88. The molecule has 2 rings (SSSR count). The minimum absolute atomic E-state index is 0.489. The van der Waals surface area contributed by atoms with E-state index in [1.165, 1.54) is 16.8 Å². The first-order valence-electron chi connectivity index (χ1n) is 8.18. The Hall–Kier alpha value is -1.77. The molecule has 1 aromatic rings. The molecule has 0 saturated carbocycles. The third kappa shape index (κ3) is 3.90. The number of para-hydroxylation sites is 1. The van der Waals surface area contributed by atoms with Crippen molar-refractivity contribution in [3.05, 3.63) is 41.7 Å². The molecular weight excluding hydrogens is 270 g/mol. The summed E-state index contributed by atoms with van der Waals surface area (Å²) in [5.41, 5.74) is 5.04. The maximum absolute atomic E-state index is 5.01. The summed E-state index contributed by atoms with van der Waals surface area (Å²) in [5, 5.41) is 0. The summed E-state index contributed by atoms with van der Waals surface area (Å²) in [6.07, 6.45) is 4.24. The maximum Gasteiger partial charge on any atom is 0.0894 e. The van der Waals surface area contributed by atoms with E-state index in [0.29, 0.717) is 11.8 Å². The van der Waals surface area contributed by atoms with Crippen molar-refractivity contribution in [2.45, 2.75) is 46.5 Å². The van der Waals surface area contributed by atoms with Crippen LogP contribution in [0.15, 0.2) is 35.6 Å². The van der Waals surface area contributed by atoms with Crippen LogP contribution >= 0.6 is 0 Å². The van der Waals surface area contributed by atoms with Crippen molar-refractivity contribution in [2.24, 2.45) is 4.99 Å². The van der Waals surface area contributed by atoms with E-state index in [2.05, 4.69) is 82.1 Å². The van der Waals surface area contributed by atoms with Crippen LogP contribution in [0, 0.1) is 0 Å². The zero-order valence-electron chi connectivity index (χ0n) is 14.8. The lowest BCUT2D eigenvalue weighted by Crippen LogP contribution is -2.26. The molecule has 0 radical (unpaired) electrons. The van der Waals surface area contributed by atoms with Crippen molar-refractivity contribution in [3.8, 4) is 0 Å². The van der Waals surface area contributed by atoms with Gasteiger partial charge in [0, 0.05) is 25.2 Å². The summed E-state index contributed by atoms with van der Waals surface area (Å²) in [7, 11) is 2.09. The molecule has 0 unspecified atom stereocenters. The molecule has 0 fully saturated rings. The van der Waals surface area contributed by atoms with Gasteiger partial charge in [0.05, 0.1) is 18.9 Å². The first-order chi connectivity index (χ1) is 10.4. The lowest BCUT2D eigenvalue weighted by molar-refractivity contribution is 0.324.